The van der Waals surface area contributed by atoms with Crippen molar-refractivity contribution in [3.63, 3.8) is 0 Å². The van der Waals surface area contributed by atoms with Gasteiger partial charge in [0, 0.05) is 0 Å². The van der Waals surface area contributed by atoms with Crippen molar-refractivity contribution in [1.82, 2.24) is 0 Å². The second kappa shape index (κ2) is 13.7. The summed E-state index contributed by atoms with van der Waals surface area (Å²) in [6.07, 6.45) is 2.73. The van der Waals surface area contributed by atoms with Crippen molar-refractivity contribution in [1.29, 1.82) is 0 Å². The summed E-state index contributed by atoms with van der Waals surface area (Å²) in [5.41, 5.74) is 15.5. The molecule has 59 heavy (non-hydrogen) atoms. The summed E-state index contributed by atoms with van der Waals surface area (Å²) in [7, 11) is -1.67. The Labute approximate surface area is 347 Å². The van der Waals surface area contributed by atoms with E-state index in [4.69, 9.17) is 0 Å². The molecule has 2 heterocycles. The van der Waals surface area contributed by atoms with E-state index in [-0.39, 0.29) is 0 Å². The summed E-state index contributed by atoms with van der Waals surface area (Å²) >= 11 is 0. The predicted molar refractivity (Wildman–Crippen MR) is 255 cm³/mol. The Morgan fingerprint density at radius 1 is 0.271 bits per heavy atom. The van der Waals surface area contributed by atoms with Crippen LogP contribution in [-0.4, -0.2) is 8.07 Å². The highest BCUT2D eigenvalue weighted by molar-refractivity contribution is 7.06. The summed E-state index contributed by atoms with van der Waals surface area (Å²) in [5.74, 6) is 0. The van der Waals surface area contributed by atoms with E-state index in [1.165, 1.54) is 124 Å². The van der Waals surface area contributed by atoms with Gasteiger partial charge < -0.3 is 0 Å². The van der Waals surface area contributed by atoms with Crippen molar-refractivity contribution in [2.75, 3.05) is 0 Å². The molecular formula is C58H42Si. The fourth-order valence-electron chi connectivity index (χ4n) is 10.9. The zero-order chi connectivity index (χ0) is 38.9. The van der Waals surface area contributed by atoms with Crippen LogP contribution < -0.4 is 10.4 Å². The normalized spacial score (nSPS) is 14.0. The van der Waals surface area contributed by atoms with Crippen molar-refractivity contribution >= 4 is 50.8 Å². The van der Waals surface area contributed by atoms with Gasteiger partial charge in [0.2, 0.25) is 0 Å². The molecule has 0 unspecified atom stereocenters. The van der Waals surface area contributed by atoms with Crippen molar-refractivity contribution < 1.29 is 0 Å². The molecule has 0 radical (unpaired) electrons. The molecule has 0 aliphatic carbocycles. The van der Waals surface area contributed by atoms with Gasteiger partial charge in [0.05, 0.1) is 0 Å². The van der Waals surface area contributed by atoms with Gasteiger partial charge in [-0.3, -0.25) is 0 Å². The van der Waals surface area contributed by atoms with E-state index in [1.807, 2.05) is 0 Å². The first kappa shape index (κ1) is 34.3. The van der Waals surface area contributed by atoms with Crippen LogP contribution in [0, 0.1) is 0 Å². The first-order valence-electron chi connectivity index (χ1n) is 21.2. The molecule has 12 rings (SSSR count). The minimum atomic E-state index is -1.67. The van der Waals surface area contributed by atoms with Gasteiger partial charge in [0.25, 0.3) is 0 Å². The minimum absolute atomic E-state index is 1.22. The van der Waals surface area contributed by atoms with Gasteiger partial charge in [-0.2, -0.15) is 0 Å². The van der Waals surface area contributed by atoms with E-state index >= 15 is 0 Å². The molecule has 2 aliphatic heterocycles. The highest BCUT2D eigenvalue weighted by Crippen LogP contribution is 2.48. The van der Waals surface area contributed by atoms with Crippen LogP contribution in [-0.2, 0) is 0 Å². The van der Waals surface area contributed by atoms with E-state index in [9.17, 15) is 0 Å². The standard InChI is InChI=1S/C58H42Si/c1-4-16-39(17-5-1)50-34-42-22-10-11-23-43(42)35-51(50)46-27-30-48-47-29-26-44(45-28-31-56-52(36-45)49-24-12-13-25-55(49)59(56)32-14-15-33-59)37-53(47)57(40-18-6-2-7-19-40)58(54(48)38-46)41-20-8-3-9-21-41/h1-13,16-31,34-38H,14-15,32-33H2. The maximum Gasteiger partial charge on any atom is 0.119 e. The number of benzene rings is 10. The molecular weight excluding hydrogens is 725 g/mol. The lowest BCUT2D eigenvalue weighted by atomic mass is 9.82. The molecule has 10 aromatic carbocycles. The molecule has 0 aromatic heterocycles. The van der Waals surface area contributed by atoms with E-state index < -0.39 is 8.07 Å². The van der Waals surface area contributed by atoms with Gasteiger partial charge in [-0.15, -0.1) is 0 Å². The van der Waals surface area contributed by atoms with Crippen LogP contribution in [0.1, 0.15) is 12.8 Å². The second-order valence-electron chi connectivity index (χ2n) is 16.7. The lowest BCUT2D eigenvalue weighted by molar-refractivity contribution is 0.935. The summed E-state index contributed by atoms with van der Waals surface area (Å²) < 4.78 is 0. The highest BCUT2D eigenvalue weighted by atomic mass is 28.3. The zero-order valence-electron chi connectivity index (χ0n) is 33.0. The van der Waals surface area contributed by atoms with E-state index in [2.05, 4.69) is 206 Å². The average Bonchev–Trinajstić information content (AvgIpc) is 3.92. The predicted octanol–water partition coefficient (Wildman–Crippen LogP) is 14.8. The molecule has 0 bridgehead atoms. The van der Waals surface area contributed by atoms with E-state index in [0.29, 0.717) is 0 Å². The fourth-order valence-corrected chi connectivity index (χ4v) is 16.5. The molecule has 1 fully saturated rings. The summed E-state index contributed by atoms with van der Waals surface area (Å²) in [4.78, 5) is 0. The van der Waals surface area contributed by atoms with Gasteiger partial charge in [-0.25, -0.2) is 0 Å². The molecule has 0 nitrogen and oxygen atoms in total. The van der Waals surface area contributed by atoms with Gasteiger partial charge in [-0.05, 0) is 152 Å². The van der Waals surface area contributed by atoms with Crippen LogP contribution in [0.25, 0.3) is 99.1 Å². The molecule has 10 aromatic rings. The molecule has 0 amide bonds. The Balaban J connectivity index is 1.12. The molecule has 0 N–H and O–H groups in total. The van der Waals surface area contributed by atoms with Gasteiger partial charge >= 0.3 is 0 Å². The van der Waals surface area contributed by atoms with Crippen molar-refractivity contribution in [3.05, 3.63) is 206 Å². The molecule has 1 heteroatoms. The van der Waals surface area contributed by atoms with Crippen LogP contribution in [0.15, 0.2) is 206 Å². The zero-order valence-corrected chi connectivity index (χ0v) is 34.0. The number of hydrogen-bond donors (Lipinski definition) is 0. The van der Waals surface area contributed by atoms with Crippen molar-refractivity contribution in [2.24, 2.45) is 0 Å². The van der Waals surface area contributed by atoms with Crippen LogP contribution in [0.5, 0.6) is 0 Å². The average molecular weight is 767 g/mol. The third-order valence-corrected chi connectivity index (χ3v) is 18.9. The number of rotatable bonds is 5. The number of fused-ring (bicyclic) bond motifs is 9. The smallest absolute Gasteiger partial charge is 0.0623 e. The molecule has 0 atom stereocenters. The van der Waals surface area contributed by atoms with Gasteiger partial charge in [-0.1, -0.05) is 189 Å². The third-order valence-electron chi connectivity index (χ3n) is 13.6. The second-order valence-corrected chi connectivity index (χ2v) is 21.0. The van der Waals surface area contributed by atoms with Crippen LogP contribution in [0.2, 0.25) is 12.1 Å². The largest absolute Gasteiger partial charge is 0.119 e. The van der Waals surface area contributed by atoms with Crippen LogP contribution in [0.4, 0.5) is 0 Å². The molecule has 1 spiro atoms. The lowest BCUT2D eigenvalue weighted by Crippen LogP contribution is -2.52. The molecule has 0 saturated carbocycles. The van der Waals surface area contributed by atoms with Crippen molar-refractivity contribution in [3.8, 4) is 66.8 Å². The van der Waals surface area contributed by atoms with Crippen LogP contribution in [0.3, 0.4) is 0 Å². The highest BCUT2D eigenvalue weighted by Gasteiger charge is 2.46. The maximum atomic E-state index is 2.53. The number of hydrogen-bond acceptors (Lipinski definition) is 0. The maximum absolute atomic E-state index is 2.53. The van der Waals surface area contributed by atoms with E-state index in [0.717, 1.165) is 0 Å². The van der Waals surface area contributed by atoms with Gasteiger partial charge in [0.15, 0.2) is 0 Å². The van der Waals surface area contributed by atoms with Crippen LogP contribution >= 0.6 is 0 Å². The first-order valence-corrected chi connectivity index (χ1v) is 23.6. The third kappa shape index (κ3) is 5.42. The Bertz CT molecular complexity index is 3250. The molecule has 2 aliphatic rings. The fraction of sp³-hybridized carbons (Fsp3) is 0.0690. The minimum Gasteiger partial charge on any atom is -0.0623 e. The Kier molecular flexibility index (Phi) is 7.93. The Hall–Kier alpha value is -6.80. The lowest BCUT2D eigenvalue weighted by Gasteiger charge is -2.24. The summed E-state index contributed by atoms with van der Waals surface area (Å²) in [5, 5.41) is 10.9. The monoisotopic (exact) mass is 766 g/mol. The topological polar surface area (TPSA) is 0 Å². The molecule has 1 saturated heterocycles. The Morgan fingerprint density at radius 2 is 0.729 bits per heavy atom. The summed E-state index contributed by atoms with van der Waals surface area (Å²) in [6.45, 7) is 0. The van der Waals surface area contributed by atoms with Gasteiger partial charge in [0.1, 0.15) is 8.07 Å². The molecule has 278 valence electrons. The quantitative estimate of drug-likeness (QED) is 0.121. The summed E-state index contributed by atoms with van der Waals surface area (Å²) in [6, 6.07) is 80.6. The van der Waals surface area contributed by atoms with E-state index in [1.54, 1.807) is 10.4 Å². The first-order chi connectivity index (χ1) is 29.2. The Morgan fingerprint density at radius 3 is 1.36 bits per heavy atom. The SMILES string of the molecule is c1ccc(-c2cc3ccccc3cc2-c2ccc3c(c2)c(-c2ccccc2)c(-c2ccccc2)c2cc(-c4ccc5c(c4)-c4ccccc4[Si]54CCCC4)ccc23)cc1. The van der Waals surface area contributed by atoms with Crippen molar-refractivity contribution in [2.45, 2.75) is 24.9 Å².